The van der Waals surface area contributed by atoms with Gasteiger partial charge in [-0.25, -0.2) is 4.39 Å². The van der Waals surface area contributed by atoms with Gasteiger partial charge in [0.1, 0.15) is 29.8 Å². The van der Waals surface area contributed by atoms with Crippen LogP contribution in [-0.2, 0) is 11.4 Å². The summed E-state index contributed by atoms with van der Waals surface area (Å²) < 4.78 is 20.4. The number of benzene rings is 2. The van der Waals surface area contributed by atoms with Crippen LogP contribution in [0, 0.1) is 17.1 Å². The average Bonchev–Trinajstić information content (AvgIpc) is 3.18. The van der Waals surface area contributed by atoms with E-state index in [1.54, 1.807) is 30.3 Å². The van der Waals surface area contributed by atoms with Crippen LogP contribution >= 0.6 is 31.9 Å². The molecule has 1 N–H and O–H groups in total. The number of halogens is 3. The summed E-state index contributed by atoms with van der Waals surface area (Å²) in [6.45, 7) is 0.206. The lowest BCUT2D eigenvalue weighted by Gasteiger charge is -2.13. The molecule has 1 amide bonds. The maximum absolute atomic E-state index is 13.3. The second kappa shape index (κ2) is 10.0. The second-order valence-electron chi connectivity index (χ2n) is 6.86. The zero-order valence-corrected chi connectivity index (χ0v) is 18.7. The van der Waals surface area contributed by atoms with Gasteiger partial charge >= 0.3 is 0 Å². The van der Waals surface area contributed by atoms with Crippen molar-refractivity contribution in [1.82, 2.24) is 5.32 Å². The second-order valence-corrected chi connectivity index (χ2v) is 8.57. The van der Waals surface area contributed by atoms with E-state index in [1.807, 2.05) is 6.07 Å². The molecule has 7 heteroatoms. The van der Waals surface area contributed by atoms with Crippen LogP contribution in [0.25, 0.3) is 6.08 Å². The van der Waals surface area contributed by atoms with Crippen LogP contribution < -0.4 is 10.1 Å². The minimum absolute atomic E-state index is 0.0594. The molecule has 0 spiro atoms. The van der Waals surface area contributed by atoms with Crippen molar-refractivity contribution in [2.24, 2.45) is 0 Å². The van der Waals surface area contributed by atoms with E-state index in [0.29, 0.717) is 25.8 Å². The normalized spacial score (nSPS) is 14.5. The Hall–Kier alpha value is -2.17. The highest BCUT2D eigenvalue weighted by atomic mass is 79.9. The first-order valence-corrected chi connectivity index (χ1v) is 10.8. The lowest BCUT2D eigenvalue weighted by atomic mass is 10.1. The van der Waals surface area contributed by atoms with Gasteiger partial charge in [0.25, 0.3) is 5.91 Å². The SMILES string of the molecule is N#C/C(=C/c1cc(Br)c(OCc2cccc(F)c2)c(Br)c1)C(=O)NC1CCCC1. The van der Waals surface area contributed by atoms with Crippen LogP contribution in [0.1, 0.15) is 36.8 Å². The van der Waals surface area contributed by atoms with Crippen LogP contribution in [0.5, 0.6) is 5.75 Å². The number of nitrogens with zero attached hydrogens (tertiary/aromatic N) is 1. The van der Waals surface area contributed by atoms with E-state index >= 15 is 0 Å². The molecule has 1 saturated carbocycles. The standard InChI is InChI=1S/C22H19Br2FN2O2/c23-19-10-15(8-16(12-26)22(28)27-18-6-1-2-7-18)11-20(24)21(19)29-13-14-4-3-5-17(25)9-14/h3-5,8-11,18H,1-2,6-7,13H2,(H,27,28)/b16-8-. The summed E-state index contributed by atoms with van der Waals surface area (Å²) in [5, 5.41) is 12.3. The molecule has 0 aliphatic heterocycles. The largest absolute Gasteiger partial charge is 0.487 e. The minimum atomic E-state index is -0.349. The van der Waals surface area contributed by atoms with Gasteiger partial charge in [-0.3, -0.25) is 4.79 Å². The van der Waals surface area contributed by atoms with Crippen molar-refractivity contribution in [2.45, 2.75) is 38.3 Å². The number of hydrogen-bond acceptors (Lipinski definition) is 3. The summed E-state index contributed by atoms with van der Waals surface area (Å²) in [5.41, 5.74) is 1.45. The topological polar surface area (TPSA) is 62.1 Å². The molecule has 2 aromatic carbocycles. The van der Waals surface area contributed by atoms with Gasteiger partial charge < -0.3 is 10.1 Å². The number of nitriles is 1. The molecule has 3 rings (SSSR count). The molecule has 0 radical (unpaired) electrons. The van der Waals surface area contributed by atoms with Crippen LogP contribution in [-0.4, -0.2) is 11.9 Å². The van der Waals surface area contributed by atoms with Gasteiger partial charge in [0.2, 0.25) is 0 Å². The van der Waals surface area contributed by atoms with Crippen LogP contribution in [0.2, 0.25) is 0 Å². The summed E-state index contributed by atoms with van der Waals surface area (Å²) in [6, 6.07) is 11.9. The predicted molar refractivity (Wildman–Crippen MR) is 117 cm³/mol. The molecule has 1 fully saturated rings. The highest BCUT2D eigenvalue weighted by Gasteiger charge is 2.19. The number of ether oxygens (including phenoxy) is 1. The van der Waals surface area contributed by atoms with Crippen molar-refractivity contribution in [2.75, 3.05) is 0 Å². The van der Waals surface area contributed by atoms with E-state index < -0.39 is 0 Å². The highest BCUT2D eigenvalue weighted by Crippen LogP contribution is 2.36. The van der Waals surface area contributed by atoms with Gasteiger partial charge in [0.05, 0.1) is 8.95 Å². The lowest BCUT2D eigenvalue weighted by Crippen LogP contribution is -2.33. The molecule has 0 saturated heterocycles. The lowest BCUT2D eigenvalue weighted by molar-refractivity contribution is -0.117. The summed E-state index contributed by atoms with van der Waals surface area (Å²) in [6.07, 6.45) is 5.68. The fourth-order valence-corrected chi connectivity index (χ4v) is 4.68. The number of rotatable bonds is 6. The van der Waals surface area contributed by atoms with Crippen molar-refractivity contribution in [1.29, 1.82) is 5.26 Å². The Balaban J connectivity index is 1.74. The summed E-state index contributed by atoms with van der Waals surface area (Å²) in [5.74, 6) is -0.108. The quantitative estimate of drug-likeness (QED) is 0.380. The number of carbonyl (C=O) groups excluding carboxylic acids is 1. The van der Waals surface area contributed by atoms with Crippen molar-refractivity contribution < 1.29 is 13.9 Å². The molecule has 29 heavy (non-hydrogen) atoms. The van der Waals surface area contributed by atoms with E-state index in [9.17, 15) is 14.4 Å². The van der Waals surface area contributed by atoms with Crippen molar-refractivity contribution in [3.05, 3.63) is 67.9 Å². The number of nitrogens with one attached hydrogen (secondary N) is 1. The molecule has 4 nitrogen and oxygen atoms in total. The molecule has 2 aromatic rings. The third-order valence-electron chi connectivity index (χ3n) is 4.66. The van der Waals surface area contributed by atoms with Gasteiger partial charge in [-0.1, -0.05) is 25.0 Å². The van der Waals surface area contributed by atoms with Crippen LogP contribution in [0.4, 0.5) is 4.39 Å². The van der Waals surface area contributed by atoms with Crippen LogP contribution in [0.3, 0.4) is 0 Å². The molecule has 150 valence electrons. The van der Waals surface area contributed by atoms with E-state index in [0.717, 1.165) is 25.7 Å². The van der Waals surface area contributed by atoms with Crippen molar-refractivity contribution in [3.63, 3.8) is 0 Å². The molecular weight excluding hydrogens is 503 g/mol. The number of amides is 1. The zero-order valence-electron chi connectivity index (χ0n) is 15.6. The molecule has 0 unspecified atom stereocenters. The van der Waals surface area contributed by atoms with Crippen molar-refractivity contribution >= 4 is 43.8 Å². The smallest absolute Gasteiger partial charge is 0.262 e. The van der Waals surface area contributed by atoms with Crippen molar-refractivity contribution in [3.8, 4) is 11.8 Å². The Bertz CT molecular complexity index is 956. The summed E-state index contributed by atoms with van der Waals surface area (Å²) in [7, 11) is 0. The van der Waals surface area contributed by atoms with E-state index in [4.69, 9.17) is 4.74 Å². The molecule has 0 atom stereocenters. The third-order valence-corrected chi connectivity index (χ3v) is 5.84. The summed E-state index contributed by atoms with van der Waals surface area (Å²) in [4.78, 5) is 12.4. The average molecular weight is 522 g/mol. The first-order chi connectivity index (χ1) is 14.0. The summed E-state index contributed by atoms with van der Waals surface area (Å²) >= 11 is 6.93. The molecule has 0 aromatic heterocycles. The molecule has 1 aliphatic rings. The Morgan fingerprint density at radius 3 is 2.55 bits per heavy atom. The van der Waals surface area contributed by atoms with Crippen LogP contribution in [0.15, 0.2) is 50.9 Å². The maximum Gasteiger partial charge on any atom is 0.262 e. The fraction of sp³-hybridized carbons (Fsp3) is 0.273. The molecule has 0 heterocycles. The van der Waals surface area contributed by atoms with Gasteiger partial charge in [-0.15, -0.1) is 0 Å². The Morgan fingerprint density at radius 1 is 1.24 bits per heavy atom. The maximum atomic E-state index is 13.3. The number of carbonyl (C=O) groups is 1. The minimum Gasteiger partial charge on any atom is -0.487 e. The van der Waals surface area contributed by atoms with Gasteiger partial charge in [0, 0.05) is 6.04 Å². The fourth-order valence-electron chi connectivity index (χ4n) is 3.23. The molecular formula is C22H19Br2FN2O2. The predicted octanol–water partition coefficient (Wildman–Crippen LogP) is 5.90. The Labute approximate surface area is 186 Å². The third kappa shape index (κ3) is 5.91. The van der Waals surface area contributed by atoms with Gasteiger partial charge in [-0.2, -0.15) is 5.26 Å². The monoisotopic (exact) mass is 520 g/mol. The molecule has 0 bridgehead atoms. The zero-order chi connectivity index (χ0) is 20.8. The number of hydrogen-bond donors (Lipinski definition) is 1. The van der Waals surface area contributed by atoms with Gasteiger partial charge in [-0.05, 0) is 86.2 Å². The highest BCUT2D eigenvalue weighted by molar-refractivity contribution is 9.11. The first kappa shape index (κ1) is 21.5. The van der Waals surface area contributed by atoms with Gasteiger partial charge in [0.15, 0.2) is 0 Å². The van der Waals surface area contributed by atoms with E-state index in [-0.39, 0.29) is 29.9 Å². The Morgan fingerprint density at radius 2 is 1.93 bits per heavy atom. The first-order valence-electron chi connectivity index (χ1n) is 9.25. The Kier molecular flexibility index (Phi) is 7.45. The molecule has 1 aliphatic carbocycles. The van der Waals surface area contributed by atoms with E-state index in [2.05, 4.69) is 37.2 Å². The van der Waals surface area contributed by atoms with E-state index in [1.165, 1.54) is 12.1 Å².